The molecule has 0 N–H and O–H groups in total. The third kappa shape index (κ3) is 8.30. The van der Waals surface area contributed by atoms with Crippen LogP contribution in [0.15, 0.2) is 45.6 Å². The Morgan fingerprint density at radius 1 is 1.36 bits per heavy atom. The van der Waals surface area contributed by atoms with Crippen molar-refractivity contribution in [3.63, 3.8) is 0 Å². The number of rotatable bonds is 7. The molecule has 0 aromatic heterocycles. The van der Waals surface area contributed by atoms with Crippen molar-refractivity contribution in [2.45, 2.75) is 66.0 Å². The molecule has 0 radical (unpaired) electrons. The third-order valence-corrected chi connectivity index (χ3v) is 4.39. The summed E-state index contributed by atoms with van der Waals surface area (Å²) in [6.07, 6.45) is 12.8. The van der Waals surface area contributed by atoms with Gasteiger partial charge in [-0.15, -0.1) is 0 Å². The monoisotopic (exact) mass is 416 g/mol. The number of halogens is 1. The fourth-order valence-electron chi connectivity index (χ4n) is 2.44. The first-order chi connectivity index (χ1) is 10.4. The molecule has 0 aliphatic carbocycles. The second-order valence-corrected chi connectivity index (χ2v) is 6.92. The lowest BCUT2D eigenvalue weighted by molar-refractivity contribution is -0.154. The van der Waals surface area contributed by atoms with Crippen LogP contribution in [0.3, 0.4) is 0 Å². The molecule has 1 rings (SSSR count). The Balaban J connectivity index is 2.51. The zero-order valence-corrected chi connectivity index (χ0v) is 16.5. The van der Waals surface area contributed by atoms with E-state index < -0.39 is 0 Å². The number of hydrogen-bond acceptors (Lipinski definition) is 2. The lowest BCUT2D eigenvalue weighted by Gasteiger charge is -2.25. The predicted octanol–water partition coefficient (Wildman–Crippen LogP) is 5.95. The fourth-order valence-corrected chi connectivity index (χ4v) is 2.70. The summed E-state index contributed by atoms with van der Waals surface area (Å²) in [5, 5.41) is 0. The molecule has 124 valence electrons. The SMILES string of the molecule is CC(=C/[C@H](C)C/C(C)=C/I)/C=C/[C@H]1CC=C[C@H](OC(C)C)O1. The van der Waals surface area contributed by atoms with Crippen LogP contribution in [-0.2, 0) is 9.47 Å². The minimum Gasteiger partial charge on any atom is -0.346 e. The van der Waals surface area contributed by atoms with Crippen molar-refractivity contribution < 1.29 is 9.47 Å². The standard InChI is InChI=1S/C19H29IO2/c1-14(2)21-19-8-6-7-18(22-19)10-9-15(3)11-16(4)12-17(5)13-20/h6,8-11,13-14,16,18-19H,7,12H2,1-5H3/b10-9+,15-11-,17-13+/t16-,18+,19+/m0/s1. The van der Waals surface area contributed by atoms with Gasteiger partial charge in [0.2, 0.25) is 0 Å². The van der Waals surface area contributed by atoms with E-state index >= 15 is 0 Å². The highest BCUT2D eigenvalue weighted by molar-refractivity contribution is 14.1. The summed E-state index contributed by atoms with van der Waals surface area (Å²) in [4.78, 5) is 0. The molecule has 0 amide bonds. The molecule has 0 bridgehead atoms. The first kappa shape index (κ1) is 19.7. The first-order valence-corrected chi connectivity index (χ1v) is 9.25. The summed E-state index contributed by atoms with van der Waals surface area (Å²) >= 11 is 2.30. The quantitative estimate of drug-likeness (QED) is 0.290. The van der Waals surface area contributed by atoms with Crippen molar-refractivity contribution in [1.29, 1.82) is 0 Å². The highest BCUT2D eigenvalue weighted by atomic mass is 127. The molecule has 0 aromatic carbocycles. The van der Waals surface area contributed by atoms with Crippen LogP contribution in [-0.4, -0.2) is 18.5 Å². The van der Waals surface area contributed by atoms with E-state index in [0.717, 1.165) is 12.8 Å². The van der Waals surface area contributed by atoms with E-state index in [-0.39, 0.29) is 18.5 Å². The predicted molar refractivity (Wildman–Crippen MR) is 103 cm³/mol. The lowest BCUT2D eigenvalue weighted by Crippen LogP contribution is -2.27. The maximum absolute atomic E-state index is 5.90. The van der Waals surface area contributed by atoms with Gasteiger partial charge in [-0.05, 0) is 56.6 Å². The van der Waals surface area contributed by atoms with E-state index in [0.29, 0.717) is 5.92 Å². The van der Waals surface area contributed by atoms with Crippen molar-refractivity contribution in [2.75, 3.05) is 0 Å². The van der Waals surface area contributed by atoms with Gasteiger partial charge in [-0.1, -0.05) is 65.0 Å². The van der Waals surface area contributed by atoms with Crippen LogP contribution >= 0.6 is 22.6 Å². The van der Waals surface area contributed by atoms with Crippen LogP contribution in [0.2, 0.25) is 0 Å². The van der Waals surface area contributed by atoms with Crippen LogP contribution in [0.1, 0.15) is 47.5 Å². The molecule has 1 heterocycles. The van der Waals surface area contributed by atoms with E-state index in [1.165, 1.54) is 11.1 Å². The second-order valence-electron chi connectivity index (χ2n) is 6.30. The van der Waals surface area contributed by atoms with Crippen LogP contribution in [0.4, 0.5) is 0 Å². The van der Waals surface area contributed by atoms with Crippen LogP contribution in [0, 0.1) is 5.92 Å². The van der Waals surface area contributed by atoms with Crippen molar-refractivity contribution in [3.05, 3.63) is 45.6 Å². The summed E-state index contributed by atoms with van der Waals surface area (Å²) in [6, 6.07) is 0. The van der Waals surface area contributed by atoms with E-state index in [1.807, 2.05) is 19.9 Å². The van der Waals surface area contributed by atoms with Crippen LogP contribution < -0.4 is 0 Å². The molecule has 2 nitrogen and oxygen atoms in total. The molecule has 0 fully saturated rings. The summed E-state index contributed by atoms with van der Waals surface area (Å²) in [5.74, 6) is 0.555. The van der Waals surface area contributed by atoms with Gasteiger partial charge in [0.15, 0.2) is 6.29 Å². The number of ether oxygens (including phenoxy) is 2. The molecule has 3 heteroatoms. The minimum atomic E-state index is -0.219. The van der Waals surface area contributed by atoms with Gasteiger partial charge in [0.25, 0.3) is 0 Å². The van der Waals surface area contributed by atoms with E-state index in [2.05, 4.69) is 71.7 Å². The van der Waals surface area contributed by atoms with Gasteiger partial charge in [-0.25, -0.2) is 0 Å². The molecular weight excluding hydrogens is 387 g/mol. The zero-order chi connectivity index (χ0) is 16.5. The normalized spacial score (nSPS) is 25.2. The average molecular weight is 416 g/mol. The Labute approximate surface area is 149 Å². The van der Waals surface area contributed by atoms with Crippen molar-refractivity contribution in [2.24, 2.45) is 5.92 Å². The van der Waals surface area contributed by atoms with Crippen molar-refractivity contribution in [3.8, 4) is 0 Å². The lowest BCUT2D eigenvalue weighted by atomic mass is 10.0. The molecule has 3 atom stereocenters. The van der Waals surface area contributed by atoms with E-state index in [1.54, 1.807) is 0 Å². The summed E-state index contributed by atoms with van der Waals surface area (Å²) in [7, 11) is 0. The maximum atomic E-state index is 5.90. The molecular formula is C19H29IO2. The molecule has 1 aliphatic heterocycles. The molecule has 0 unspecified atom stereocenters. The van der Waals surface area contributed by atoms with Gasteiger partial charge in [-0.3, -0.25) is 0 Å². The highest BCUT2D eigenvalue weighted by Crippen LogP contribution is 2.18. The molecule has 22 heavy (non-hydrogen) atoms. The zero-order valence-electron chi connectivity index (χ0n) is 14.4. The van der Waals surface area contributed by atoms with Gasteiger partial charge < -0.3 is 9.47 Å². The molecule has 0 saturated carbocycles. The summed E-state index contributed by atoms with van der Waals surface area (Å²) in [6.45, 7) is 10.6. The summed E-state index contributed by atoms with van der Waals surface area (Å²) < 4.78 is 13.7. The van der Waals surface area contributed by atoms with Crippen LogP contribution in [0.25, 0.3) is 0 Å². The summed E-state index contributed by atoms with van der Waals surface area (Å²) in [5.41, 5.74) is 2.71. The van der Waals surface area contributed by atoms with E-state index in [9.17, 15) is 0 Å². The topological polar surface area (TPSA) is 18.5 Å². The number of hydrogen-bond donors (Lipinski definition) is 0. The number of allylic oxidation sites excluding steroid dienone is 4. The van der Waals surface area contributed by atoms with Gasteiger partial charge in [0.05, 0.1) is 12.2 Å². The Bertz CT molecular complexity index is 446. The third-order valence-electron chi connectivity index (χ3n) is 3.33. The van der Waals surface area contributed by atoms with E-state index in [4.69, 9.17) is 9.47 Å². The van der Waals surface area contributed by atoms with Crippen LogP contribution in [0.5, 0.6) is 0 Å². The maximum Gasteiger partial charge on any atom is 0.177 e. The van der Waals surface area contributed by atoms with Crippen molar-refractivity contribution >= 4 is 22.6 Å². The molecule has 1 aliphatic rings. The largest absolute Gasteiger partial charge is 0.346 e. The smallest absolute Gasteiger partial charge is 0.177 e. The minimum absolute atomic E-state index is 0.100. The van der Waals surface area contributed by atoms with Crippen molar-refractivity contribution in [1.82, 2.24) is 0 Å². The Hall–Kier alpha value is -0.390. The average Bonchev–Trinajstić information content (AvgIpc) is 2.44. The molecule has 0 aromatic rings. The second kappa shape index (κ2) is 10.4. The molecule has 0 saturated heterocycles. The Kier molecular flexibility index (Phi) is 9.29. The molecule has 0 spiro atoms. The van der Waals surface area contributed by atoms with Gasteiger partial charge in [0.1, 0.15) is 0 Å². The fraction of sp³-hybridized carbons (Fsp3) is 0.579. The van der Waals surface area contributed by atoms with Gasteiger partial charge in [-0.2, -0.15) is 0 Å². The highest BCUT2D eigenvalue weighted by Gasteiger charge is 2.17. The Morgan fingerprint density at radius 2 is 2.09 bits per heavy atom. The van der Waals surface area contributed by atoms with Gasteiger partial charge >= 0.3 is 0 Å². The first-order valence-electron chi connectivity index (χ1n) is 8.00. The van der Waals surface area contributed by atoms with Gasteiger partial charge in [0, 0.05) is 0 Å². The Morgan fingerprint density at radius 3 is 2.73 bits per heavy atom.